The number of hydrogen-bond donors (Lipinski definition) is 0. The number of rotatable bonds is 10. The molecule has 0 radical (unpaired) electrons. The highest BCUT2D eigenvalue weighted by molar-refractivity contribution is 7.08. The van der Waals surface area contributed by atoms with Crippen LogP contribution < -0.4 is 9.47 Å². The van der Waals surface area contributed by atoms with E-state index in [1.807, 2.05) is 24.3 Å². The fourth-order valence-corrected chi connectivity index (χ4v) is 6.38. The molecule has 206 valence electrons. The van der Waals surface area contributed by atoms with Crippen LogP contribution >= 0.6 is 22.7 Å². The van der Waals surface area contributed by atoms with Gasteiger partial charge in [-0.1, -0.05) is 24.3 Å². The maximum absolute atomic E-state index is 5.96. The average molecular weight is 585 g/mol. The van der Waals surface area contributed by atoms with Crippen molar-refractivity contribution in [3.8, 4) is 34.0 Å². The van der Waals surface area contributed by atoms with E-state index in [9.17, 15) is 0 Å². The van der Waals surface area contributed by atoms with Crippen LogP contribution in [0.1, 0.15) is 11.1 Å². The van der Waals surface area contributed by atoms with Gasteiger partial charge in [0.15, 0.2) is 0 Å². The van der Waals surface area contributed by atoms with E-state index in [0.29, 0.717) is 13.2 Å². The van der Waals surface area contributed by atoms with Crippen molar-refractivity contribution >= 4 is 44.5 Å². The average Bonchev–Trinajstić information content (AvgIpc) is 3.76. The van der Waals surface area contributed by atoms with Gasteiger partial charge in [0.25, 0.3) is 0 Å². The monoisotopic (exact) mass is 584 g/mol. The molecule has 7 rings (SSSR count). The summed E-state index contributed by atoms with van der Waals surface area (Å²) >= 11 is 3.43. The molecule has 6 heteroatoms. The van der Waals surface area contributed by atoms with Gasteiger partial charge < -0.3 is 9.47 Å². The van der Waals surface area contributed by atoms with E-state index in [0.717, 1.165) is 68.7 Å². The summed E-state index contributed by atoms with van der Waals surface area (Å²) in [6.07, 6.45) is 1.82. The molecule has 0 aliphatic carbocycles. The summed E-state index contributed by atoms with van der Waals surface area (Å²) in [4.78, 5) is 10.2. The summed E-state index contributed by atoms with van der Waals surface area (Å²) in [6, 6.07) is 33.3. The van der Waals surface area contributed by atoms with E-state index in [2.05, 4.69) is 94.3 Å². The lowest BCUT2D eigenvalue weighted by Gasteiger charge is -2.10. The third-order valence-corrected chi connectivity index (χ3v) is 8.76. The first-order chi connectivity index (χ1) is 20.8. The largest absolute Gasteiger partial charge is 0.493 e. The summed E-state index contributed by atoms with van der Waals surface area (Å²) in [5.41, 5.74) is 8.34. The molecule has 4 heterocycles. The van der Waals surface area contributed by atoms with Crippen molar-refractivity contribution in [1.29, 1.82) is 0 Å². The smallest absolute Gasteiger partial charge is 0.119 e. The fraction of sp³-hybridized carbons (Fsp3) is 0.111. The first-order valence-corrected chi connectivity index (χ1v) is 15.9. The minimum absolute atomic E-state index is 0.662. The Morgan fingerprint density at radius 2 is 0.905 bits per heavy atom. The number of hydrogen-bond acceptors (Lipinski definition) is 6. The van der Waals surface area contributed by atoms with Crippen molar-refractivity contribution < 1.29 is 9.47 Å². The Balaban J connectivity index is 1.10. The van der Waals surface area contributed by atoms with Gasteiger partial charge in [-0.15, -0.1) is 0 Å². The van der Waals surface area contributed by atoms with Gasteiger partial charge in [-0.05, 0) is 105 Å². The summed E-state index contributed by atoms with van der Waals surface area (Å²) in [5.74, 6) is 1.73. The minimum atomic E-state index is 0.662. The van der Waals surface area contributed by atoms with Crippen LogP contribution in [0.4, 0.5) is 0 Å². The zero-order valence-electron chi connectivity index (χ0n) is 22.9. The van der Waals surface area contributed by atoms with E-state index < -0.39 is 0 Å². The quantitative estimate of drug-likeness (QED) is 0.150. The van der Waals surface area contributed by atoms with Crippen molar-refractivity contribution in [1.82, 2.24) is 9.97 Å². The Morgan fingerprint density at radius 3 is 1.31 bits per heavy atom. The number of aromatic nitrogens is 2. The Morgan fingerprint density at radius 1 is 0.476 bits per heavy atom. The molecule has 0 aliphatic heterocycles. The minimum Gasteiger partial charge on any atom is -0.493 e. The lowest BCUT2D eigenvalue weighted by molar-refractivity contribution is 0.322. The summed E-state index contributed by atoms with van der Waals surface area (Å²) < 4.78 is 11.9. The molecule has 0 amide bonds. The molecule has 3 aromatic carbocycles. The second-order valence-corrected chi connectivity index (χ2v) is 11.7. The van der Waals surface area contributed by atoms with Crippen LogP contribution in [-0.2, 0) is 12.8 Å². The molecule has 0 unspecified atom stereocenters. The zero-order valence-corrected chi connectivity index (χ0v) is 24.5. The van der Waals surface area contributed by atoms with Gasteiger partial charge in [-0.25, -0.2) is 9.97 Å². The first-order valence-electron chi connectivity index (χ1n) is 14.0. The number of thiophene rings is 2. The van der Waals surface area contributed by atoms with Gasteiger partial charge in [-0.3, -0.25) is 0 Å². The number of fused-ring (bicyclic) bond motifs is 3. The highest BCUT2D eigenvalue weighted by Gasteiger charge is 2.10. The molecule has 0 spiro atoms. The number of benzene rings is 3. The van der Waals surface area contributed by atoms with Crippen LogP contribution in [-0.4, -0.2) is 23.2 Å². The van der Waals surface area contributed by atoms with Crippen LogP contribution in [0.5, 0.6) is 11.5 Å². The van der Waals surface area contributed by atoms with E-state index >= 15 is 0 Å². The summed E-state index contributed by atoms with van der Waals surface area (Å²) in [6.45, 7) is 1.32. The van der Waals surface area contributed by atoms with Crippen molar-refractivity contribution in [2.45, 2.75) is 12.8 Å². The highest BCUT2D eigenvalue weighted by Crippen LogP contribution is 2.30. The molecule has 0 saturated carbocycles. The van der Waals surface area contributed by atoms with Crippen molar-refractivity contribution in [2.75, 3.05) is 13.2 Å². The van der Waals surface area contributed by atoms with Crippen LogP contribution in [0.3, 0.4) is 0 Å². The van der Waals surface area contributed by atoms with Gasteiger partial charge in [0, 0.05) is 34.7 Å². The maximum atomic E-state index is 5.96. The van der Waals surface area contributed by atoms with Gasteiger partial charge in [-0.2, -0.15) is 22.7 Å². The molecule has 0 aliphatic rings. The maximum Gasteiger partial charge on any atom is 0.119 e. The molecule has 4 nitrogen and oxygen atoms in total. The second-order valence-electron chi connectivity index (χ2n) is 10.1. The number of ether oxygens (including phenoxy) is 2. The molecule has 0 N–H and O–H groups in total. The predicted molar refractivity (Wildman–Crippen MR) is 175 cm³/mol. The Labute approximate surface area is 252 Å². The molecule has 0 saturated heterocycles. The van der Waals surface area contributed by atoms with Crippen LogP contribution in [0.15, 0.2) is 119 Å². The third kappa shape index (κ3) is 5.91. The van der Waals surface area contributed by atoms with Gasteiger partial charge >= 0.3 is 0 Å². The lowest BCUT2D eigenvalue weighted by atomic mass is 10.1. The van der Waals surface area contributed by atoms with E-state index in [1.54, 1.807) is 22.7 Å². The standard InChI is InChI=1S/C36H28N2O2S2/c1-2-30-8-14-34(28-5-11-32(12-6-28)40-20-16-26-18-22-42-24-26)38-36(30)35-29(1)7-13-33(37-35)27-3-9-31(10-4-27)39-19-15-25-17-21-41-23-25/h1-14,17-18,21-24H,15-16,19-20H2. The molecular formula is C36H28N2O2S2. The molecule has 4 aromatic heterocycles. The summed E-state index contributed by atoms with van der Waals surface area (Å²) in [7, 11) is 0. The highest BCUT2D eigenvalue weighted by atomic mass is 32.1. The first kappa shape index (κ1) is 26.4. The van der Waals surface area contributed by atoms with Gasteiger partial charge in [0.1, 0.15) is 11.5 Å². The Bertz CT molecular complexity index is 1770. The van der Waals surface area contributed by atoms with Crippen LogP contribution in [0.2, 0.25) is 0 Å². The van der Waals surface area contributed by atoms with Gasteiger partial charge in [0.05, 0.1) is 35.6 Å². The van der Waals surface area contributed by atoms with Gasteiger partial charge in [0.2, 0.25) is 0 Å². The van der Waals surface area contributed by atoms with E-state index in [4.69, 9.17) is 19.4 Å². The lowest BCUT2D eigenvalue weighted by Crippen LogP contribution is -2.00. The molecule has 0 bridgehead atoms. The molecule has 7 aromatic rings. The second kappa shape index (κ2) is 12.1. The Hall–Kier alpha value is -4.52. The zero-order chi connectivity index (χ0) is 28.1. The van der Waals surface area contributed by atoms with Crippen LogP contribution in [0, 0.1) is 0 Å². The number of nitrogens with zero attached hydrogens (tertiary/aromatic N) is 2. The van der Waals surface area contributed by atoms with E-state index in [1.165, 1.54) is 11.1 Å². The molecule has 0 fully saturated rings. The predicted octanol–water partition coefficient (Wildman–Crippen LogP) is 9.48. The third-order valence-electron chi connectivity index (χ3n) is 7.30. The van der Waals surface area contributed by atoms with Crippen molar-refractivity contribution in [3.63, 3.8) is 0 Å². The summed E-state index contributed by atoms with van der Waals surface area (Å²) in [5, 5.41) is 10.7. The van der Waals surface area contributed by atoms with Crippen LogP contribution in [0.25, 0.3) is 44.3 Å². The van der Waals surface area contributed by atoms with Crippen molar-refractivity contribution in [2.24, 2.45) is 0 Å². The Kier molecular flexibility index (Phi) is 7.63. The normalized spacial score (nSPS) is 11.2. The molecule has 42 heavy (non-hydrogen) atoms. The fourth-order valence-electron chi connectivity index (χ4n) is 4.98. The van der Waals surface area contributed by atoms with E-state index in [-0.39, 0.29) is 0 Å². The van der Waals surface area contributed by atoms with Crippen molar-refractivity contribution in [3.05, 3.63) is 130 Å². The molecular weight excluding hydrogens is 557 g/mol. The topological polar surface area (TPSA) is 44.2 Å². The number of pyridine rings is 2. The SMILES string of the molecule is c1cc(CCOc2ccc(-c3ccc4ccc5ccc(-c6ccc(OCCc7ccsc7)cc6)nc5c4n3)cc2)cs1. The molecule has 0 atom stereocenters.